The number of carbonyl (C=O) groups excluding carboxylic acids is 1. The average molecular weight is 157 g/mol. The van der Waals surface area contributed by atoms with E-state index in [1.807, 2.05) is 27.3 Å². The van der Waals surface area contributed by atoms with Crippen molar-refractivity contribution in [3.63, 3.8) is 0 Å². The quantitative estimate of drug-likeness (QED) is 0.432. The van der Waals surface area contributed by atoms with Crippen LogP contribution in [0, 0.1) is 0 Å². The summed E-state index contributed by atoms with van der Waals surface area (Å²) in [5.41, 5.74) is 0. The van der Waals surface area contributed by atoms with E-state index in [2.05, 4.69) is 11.8 Å². The van der Waals surface area contributed by atoms with Crippen molar-refractivity contribution in [2.45, 2.75) is 26.9 Å². The van der Waals surface area contributed by atoms with Crippen LogP contribution in [0.2, 0.25) is 0 Å². The van der Waals surface area contributed by atoms with Crippen LogP contribution in [-0.4, -0.2) is 42.5 Å². The van der Waals surface area contributed by atoms with Gasteiger partial charge < -0.3 is 4.90 Å². The highest BCUT2D eigenvalue weighted by molar-refractivity contribution is 5.48. The minimum absolute atomic E-state index is 0.155. The van der Waals surface area contributed by atoms with Gasteiger partial charge in [0.1, 0.15) is 0 Å². The van der Waals surface area contributed by atoms with Crippen LogP contribution in [0.5, 0.6) is 0 Å². The monoisotopic (exact) mass is 157 g/mol. The topological polar surface area (TPSA) is 23.6 Å². The molecule has 0 aliphatic rings. The summed E-state index contributed by atoms with van der Waals surface area (Å²) >= 11 is 0. The van der Waals surface area contributed by atoms with E-state index >= 15 is 0 Å². The Bertz CT molecular complexity index is 117. The Morgan fingerprint density at radius 3 is 2.18 bits per heavy atom. The first-order chi connectivity index (χ1) is 5.17. The van der Waals surface area contributed by atoms with Gasteiger partial charge in [0.2, 0.25) is 0 Å². The first-order valence-corrected chi connectivity index (χ1v) is 4.02. The van der Waals surface area contributed by atoms with E-state index in [-0.39, 0.29) is 6.17 Å². The van der Waals surface area contributed by atoms with E-state index in [9.17, 15) is 4.79 Å². The van der Waals surface area contributed by atoms with Crippen molar-refractivity contribution in [1.82, 2.24) is 9.80 Å². The molecule has 1 amide bonds. The van der Waals surface area contributed by atoms with Gasteiger partial charge in [-0.2, -0.15) is 0 Å². The van der Waals surface area contributed by atoms with E-state index in [4.69, 9.17) is 0 Å². The van der Waals surface area contributed by atoms with Crippen molar-refractivity contribution in [3.8, 4) is 0 Å². The highest BCUT2D eigenvalue weighted by atomic mass is 16.1. The zero-order valence-electron chi connectivity index (χ0n) is 7.79. The summed E-state index contributed by atoms with van der Waals surface area (Å²) in [4.78, 5) is 14.1. The van der Waals surface area contributed by atoms with Crippen LogP contribution in [0.4, 0.5) is 0 Å². The molecule has 1 radical (unpaired) electrons. The molecule has 0 aliphatic carbocycles. The van der Waals surface area contributed by atoms with E-state index in [1.165, 1.54) is 0 Å². The van der Waals surface area contributed by atoms with E-state index < -0.39 is 0 Å². The standard InChI is InChI=1S/C8H17N2O/c1-5-9(4)8(3)10(6-2)7-11/h8H,5-6H2,1-4H3. The van der Waals surface area contributed by atoms with E-state index in [0.717, 1.165) is 13.1 Å². The van der Waals surface area contributed by atoms with Crippen LogP contribution in [0.1, 0.15) is 20.8 Å². The van der Waals surface area contributed by atoms with Crippen LogP contribution in [0.15, 0.2) is 0 Å². The molecule has 0 bridgehead atoms. The molecule has 0 spiro atoms. The van der Waals surface area contributed by atoms with Crippen molar-refractivity contribution in [3.05, 3.63) is 0 Å². The third kappa shape index (κ3) is 2.89. The van der Waals surface area contributed by atoms with Crippen LogP contribution in [0.3, 0.4) is 0 Å². The Morgan fingerprint density at radius 2 is 1.91 bits per heavy atom. The minimum Gasteiger partial charge on any atom is -0.319 e. The molecule has 0 heterocycles. The molecule has 0 aromatic rings. The molecule has 0 saturated heterocycles. The molecular formula is C8H17N2O. The lowest BCUT2D eigenvalue weighted by atomic mass is 10.4. The van der Waals surface area contributed by atoms with Gasteiger partial charge in [-0.1, -0.05) is 6.92 Å². The Labute approximate surface area is 69.0 Å². The van der Waals surface area contributed by atoms with Gasteiger partial charge in [0.25, 0.3) is 0 Å². The van der Waals surface area contributed by atoms with Crippen molar-refractivity contribution in [2.24, 2.45) is 0 Å². The van der Waals surface area contributed by atoms with E-state index in [0.29, 0.717) is 0 Å². The van der Waals surface area contributed by atoms with Crippen molar-refractivity contribution in [2.75, 3.05) is 20.1 Å². The van der Waals surface area contributed by atoms with Gasteiger partial charge in [-0.15, -0.1) is 0 Å². The summed E-state index contributed by atoms with van der Waals surface area (Å²) < 4.78 is 0. The number of hydrogen-bond acceptors (Lipinski definition) is 2. The van der Waals surface area contributed by atoms with Crippen molar-refractivity contribution < 1.29 is 4.79 Å². The number of nitrogens with zero attached hydrogens (tertiary/aromatic N) is 2. The van der Waals surface area contributed by atoms with Crippen LogP contribution >= 0.6 is 0 Å². The smallest absolute Gasteiger partial charge is 0.313 e. The molecular weight excluding hydrogens is 140 g/mol. The maximum Gasteiger partial charge on any atom is 0.313 e. The van der Waals surface area contributed by atoms with Crippen molar-refractivity contribution in [1.29, 1.82) is 0 Å². The minimum atomic E-state index is 0.155. The Balaban J connectivity index is 3.96. The first kappa shape index (κ1) is 10.4. The zero-order valence-corrected chi connectivity index (χ0v) is 7.79. The molecule has 1 unspecified atom stereocenters. The predicted octanol–water partition coefficient (Wildman–Crippen LogP) is 0.673. The Hall–Kier alpha value is -0.570. The lowest BCUT2D eigenvalue weighted by Crippen LogP contribution is -2.43. The van der Waals surface area contributed by atoms with Gasteiger partial charge in [0.05, 0.1) is 6.17 Å². The normalized spacial score (nSPS) is 13.2. The molecule has 11 heavy (non-hydrogen) atoms. The van der Waals surface area contributed by atoms with Crippen LogP contribution < -0.4 is 0 Å². The summed E-state index contributed by atoms with van der Waals surface area (Å²) in [6, 6.07) is 0. The fourth-order valence-corrected chi connectivity index (χ4v) is 0.907. The third-order valence-electron chi connectivity index (χ3n) is 2.05. The molecule has 0 N–H and O–H groups in total. The number of rotatable bonds is 5. The predicted molar refractivity (Wildman–Crippen MR) is 45.8 cm³/mol. The van der Waals surface area contributed by atoms with Gasteiger partial charge in [-0.3, -0.25) is 9.69 Å². The second-order valence-electron chi connectivity index (χ2n) is 2.58. The van der Waals surface area contributed by atoms with Gasteiger partial charge >= 0.3 is 6.41 Å². The number of amides is 1. The van der Waals surface area contributed by atoms with Gasteiger partial charge in [0.15, 0.2) is 0 Å². The van der Waals surface area contributed by atoms with Gasteiger partial charge in [-0.05, 0) is 27.4 Å². The molecule has 0 fully saturated rings. The molecule has 1 atom stereocenters. The number of hydrogen-bond donors (Lipinski definition) is 0. The highest BCUT2D eigenvalue weighted by Crippen LogP contribution is 1.99. The molecule has 0 saturated carbocycles. The second-order valence-corrected chi connectivity index (χ2v) is 2.58. The fraction of sp³-hybridized carbons (Fsp3) is 0.875. The first-order valence-electron chi connectivity index (χ1n) is 4.02. The molecule has 65 valence electrons. The van der Waals surface area contributed by atoms with E-state index in [1.54, 1.807) is 4.90 Å². The van der Waals surface area contributed by atoms with Crippen molar-refractivity contribution >= 4 is 6.41 Å². The summed E-state index contributed by atoms with van der Waals surface area (Å²) in [7, 11) is 1.99. The Morgan fingerprint density at radius 1 is 1.36 bits per heavy atom. The molecule has 0 aromatic carbocycles. The summed E-state index contributed by atoms with van der Waals surface area (Å²) in [6.07, 6.45) is 2.06. The third-order valence-corrected chi connectivity index (χ3v) is 2.05. The SMILES string of the molecule is CCN(C)C(C)N([C]=O)CC. The maximum atomic E-state index is 10.4. The maximum absolute atomic E-state index is 10.4. The largest absolute Gasteiger partial charge is 0.319 e. The van der Waals surface area contributed by atoms with Crippen LogP contribution in [0.25, 0.3) is 0 Å². The molecule has 0 aliphatic heterocycles. The molecule has 0 rings (SSSR count). The lowest BCUT2D eigenvalue weighted by molar-refractivity contribution is 0.140. The summed E-state index contributed by atoms with van der Waals surface area (Å²) in [5, 5.41) is 0. The van der Waals surface area contributed by atoms with Crippen LogP contribution in [-0.2, 0) is 4.79 Å². The lowest BCUT2D eigenvalue weighted by Gasteiger charge is -2.30. The fourth-order valence-electron chi connectivity index (χ4n) is 0.907. The molecule has 3 heteroatoms. The second kappa shape index (κ2) is 5.13. The average Bonchev–Trinajstić information content (AvgIpc) is 2.05. The Kier molecular flexibility index (Phi) is 4.86. The zero-order chi connectivity index (χ0) is 8.85. The van der Waals surface area contributed by atoms with Gasteiger partial charge in [-0.25, -0.2) is 0 Å². The highest BCUT2D eigenvalue weighted by Gasteiger charge is 2.13. The summed E-state index contributed by atoms with van der Waals surface area (Å²) in [6.45, 7) is 7.67. The van der Waals surface area contributed by atoms with Gasteiger partial charge in [0, 0.05) is 6.54 Å². The molecule has 3 nitrogen and oxygen atoms in total. The molecule has 0 aromatic heterocycles. The summed E-state index contributed by atoms with van der Waals surface area (Å²) in [5.74, 6) is 0.